The molecule has 0 aliphatic carbocycles. The molecule has 182 valence electrons. The lowest BCUT2D eigenvalue weighted by Crippen LogP contribution is -2.36. The number of rotatable bonds is 6. The molecule has 1 saturated heterocycles. The summed E-state index contributed by atoms with van der Waals surface area (Å²) in [6, 6.07) is 15.4. The SMILES string of the molecule is CN(C)CCC(=O)Nc1ccc2c(c1)Cc1cccc(-c3cc(N4CCOCC4)cc(=O)[nH]3)c1O2. The molecule has 0 spiro atoms. The molecule has 3 heterocycles. The van der Waals surface area contributed by atoms with Gasteiger partial charge in [-0.3, -0.25) is 9.59 Å². The molecule has 2 N–H and O–H groups in total. The van der Waals surface area contributed by atoms with Crippen molar-refractivity contribution in [2.24, 2.45) is 0 Å². The van der Waals surface area contributed by atoms with Gasteiger partial charge < -0.3 is 29.6 Å². The highest BCUT2D eigenvalue weighted by molar-refractivity contribution is 5.91. The average molecular weight is 475 g/mol. The topological polar surface area (TPSA) is 86.9 Å². The van der Waals surface area contributed by atoms with E-state index < -0.39 is 0 Å². The van der Waals surface area contributed by atoms with Crippen LogP contribution in [-0.2, 0) is 16.0 Å². The fraction of sp³-hybridized carbons (Fsp3) is 0.333. The molecule has 5 rings (SSSR count). The summed E-state index contributed by atoms with van der Waals surface area (Å²) in [5.41, 5.74) is 5.12. The van der Waals surface area contributed by atoms with Crippen molar-refractivity contribution in [3.63, 3.8) is 0 Å². The van der Waals surface area contributed by atoms with Crippen molar-refractivity contribution in [2.75, 3.05) is 57.2 Å². The van der Waals surface area contributed by atoms with Crippen LogP contribution in [0.4, 0.5) is 11.4 Å². The fourth-order valence-electron chi connectivity index (χ4n) is 4.49. The third kappa shape index (κ3) is 5.23. The highest BCUT2D eigenvalue weighted by Crippen LogP contribution is 2.43. The van der Waals surface area contributed by atoms with E-state index >= 15 is 0 Å². The summed E-state index contributed by atoms with van der Waals surface area (Å²) >= 11 is 0. The Morgan fingerprint density at radius 2 is 1.91 bits per heavy atom. The number of fused-ring (bicyclic) bond motifs is 2. The molecule has 0 bridgehead atoms. The van der Waals surface area contributed by atoms with Crippen LogP contribution in [0.2, 0.25) is 0 Å². The number of hydrogen-bond acceptors (Lipinski definition) is 6. The average Bonchev–Trinajstić information content (AvgIpc) is 2.86. The molecule has 0 radical (unpaired) electrons. The van der Waals surface area contributed by atoms with E-state index in [1.54, 1.807) is 6.07 Å². The Hall–Kier alpha value is -3.62. The quantitative estimate of drug-likeness (QED) is 0.445. The van der Waals surface area contributed by atoms with Crippen LogP contribution in [0.3, 0.4) is 0 Å². The first-order valence-electron chi connectivity index (χ1n) is 11.9. The normalized spacial score (nSPS) is 14.8. The molecular formula is C27H30N4O4. The number of carbonyl (C=O) groups excluding carboxylic acids is 1. The maximum absolute atomic E-state index is 12.5. The second kappa shape index (κ2) is 9.93. The number of benzene rings is 2. The number of para-hydroxylation sites is 1. The van der Waals surface area contributed by atoms with Crippen molar-refractivity contribution in [1.82, 2.24) is 9.88 Å². The number of carbonyl (C=O) groups is 1. The predicted molar refractivity (Wildman–Crippen MR) is 137 cm³/mol. The molecule has 0 atom stereocenters. The minimum absolute atomic E-state index is 0.0119. The van der Waals surface area contributed by atoms with Crippen molar-refractivity contribution < 1.29 is 14.3 Å². The maximum atomic E-state index is 12.5. The highest BCUT2D eigenvalue weighted by Gasteiger charge is 2.22. The van der Waals surface area contributed by atoms with Crippen LogP contribution >= 0.6 is 0 Å². The van der Waals surface area contributed by atoms with Gasteiger partial charge in [0.15, 0.2) is 0 Å². The number of amides is 1. The number of ether oxygens (including phenoxy) is 2. The lowest BCUT2D eigenvalue weighted by atomic mass is 9.96. The van der Waals surface area contributed by atoms with E-state index in [4.69, 9.17) is 9.47 Å². The molecule has 3 aromatic rings. The zero-order valence-corrected chi connectivity index (χ0v) is 20.1. The van der Waals surface area contributed by atoms with E-state index in [1.165, 1.54) is 0 Å². The van der Waals surface area contributed by atoms with Gasteiger partial charge in [-0.1, -0.05) is 12.1 Å². The zero-order chi connectivity index (χ0) is 24.4. The zero-order valence-electron chi connectivity index (χ0n) is 20.1. The van der Waals surface area contributed by atoms with Crippen LogP contribution in [0.5, 0.6) is 11.5 Å². The Morgan fingerprint density at radius 1 is 1.09 bits per heavy atom. The lowest BCUT2D eigenvalue weighted by Gasteiger charge is -2.29. The molecule has 1 amide bonds. The van der Waals surface area contributed by atoms with Gasteiger partial charge >= 0.3 is 0 Å². The van der Waals surface area contributed by atoms with E-state index in [-0.39, 0.29) is 11.5 Å². The summed E-state index contributed by atoms with van der Waals surface area (Å²) in [6.07, 6.45) is 1.11. The first-order chi connectivity index (χ1) is 17.0. The van der Waals surface area contributed by atoms with Crippen molar-refractivity contribution in [3.8, 4) is 22.8 Å². The number of H-pyrrole nitrogens is 1. The molecule has 2 aliphatic heterocycles. The van der Waals surface area contributed by atoms with E-state index in [0.29, 0.717) is 32.6 Å². The second-order valence-corrected chi connectivity index (χ2v) is 9.21. The maximum Gasteiger partial charge on any atom is 0.250 e. The van der Waals surface area contributed by atoms with Gasteiger partial charge in [0.1, 0.15) is 11.5 Å². The number of aromatic amines is 1. The van der Waals surface area contributed by atoms with Gasteiger partial charge in [-0.2, -0.15) is 0 Å². The van der Waals surface area contributed by atoms with E-state index in [0.717, 1.165) is 58.3 Å². The van der Waals surface area contributed by atoms with Gasteiger partial charge in [0.05, 0.1) is 18.9 Å². The Kier molecular flexibility index (Phi) is 6.57. The molecule has 2 aliphatic rings. The third-order valence-corrected chi connectivity index (χ3v) is 6.32. The number of nitrogens with one attached hydrogen (secondary N) is 2. The molecule has 8 heteroatoms. The number of nitrogens with zero attached hydrogens (tertiary/aromatic N) is 2. The third-order valence-electron chi connectivity index (χ3n) is 6.32. The van der Waals surface area contributed by atoms with Crippen molar-refractivity contribution in [1.29, 1.82) is 0 Å². The molecule has 1 fully saturated rings. The monoisotopic (exact) mass is 474 g/mol. The number of aromatic nitrogens is 1. The number of anilines is 2. The summed E-state index contributed by atoms with van der Waals surface area (Å²) in [5, 5.41) is 2.98. The summed E-state index contributed by atoms with van der Waals surface area (Å²) in [5.74, 6) is 1.49. The molecule has 2 aromatic carbocycles. The van der Waals surface area contributed by atoms with Crippen molar-refractivity contribution >= 4 is 17.3 Å². The van der Waals surface area contributed by atoms with Crippen LogP contribution in [0.25, 0.3) is 11.3 Å². The van der Waals surface area contributed by atoms with Crippen LogP contribution < -0.4 is 20.5 Å². The van der Waals surface area contributed by atoms with Gasteiger partial charge in [-0.25, -0.2) is 0 Å². The molecule has 8 nitrogen and oxygen atoms in total. The predicted octanol–water partition coefficient (Wildman–Crippen LogP) is 3.47. The van der Waals surface area contributed by atoms with E-state index in [9.17, 15) is 9.59 Å². The Morgan fingerprint density at radius 3 is 2.71 bits per heavy atom. The number of pyridine rings is 1. The largest absolute Gasteiger partial charge is 0.456 e. The first-order valence-corrected chi connectivity index (χ1v) is 11.9. The van der Waals surface area contributed by atoms with E-state index in [1.807, 2.05) is 61.5 Å². The van der Waals surface area contributed by atoms with Gasteiger partial charge in [0.2, 0.25) is 11.5 Å². The minimum atomic E-state index is -0.146. The van der Waals surface area contributed by atoms with E-state index in [2.05, 4.69) is 15.2 Å². The standard InChI is InChI=1S/C27H30N4O4/c1-30(2)9-8-25(32)28-20-6-7-24-19(15-20)14-18-4-3-5-22(27(18)35-24)23-16-21(17-26(33)29-23)31-10-12-34-13-11-31/h3-7,15-17H,8-14H2,1-2H3,(H,28,32)(H,29,33). The van der Waals surface area contributed by atoms with Gasteiger partial charge in [-0.05, 0) is 50.0 Å². The fourth-order valence-corrected chi connectivity index (χ4v) is 4.49. The Labute approximate surface area is 204 Å². The lowest BCUT2D eigenvalue weighted by molar-refractivity contribution is -0.116. The summed E-state index contributed by atoms with van der Waals surface area (Å²) in [6.45, 7) is 3.52. The van der Waals surface area contributed by atoms with Crippen LogP contribution in [0, 0.1) is 0 Å². The minimum Gasteiger partial charge on any atom is -0.456 e. The highest BCUT2D eigenvalue weighted by atomic mass is 16.5. The summed E-state index contributed by atoms with van der Waals surface area (Å²) in [7, 11) is 3.90. The smallest absolute Gasteiger partial charge is 0.250 e. The van der Waals surface area contributed by atoms with Gasteiger partial charge in [0.25, 0.3) is 0 Å². The van der Waals surface area contributed by atoms with Crippen LogP contribution in [0.15, 0.2) is 53.3 Å². The molecule has 35 heavy (non-hydrogen) atoms. The molecular weight excluding hydrogens is 444 g/mol. The molecule has 0 saturated carbocycles. The number of morpholine rings is 1. The van der Waals surface area contributed by atoms with Gasteiger partial charge in [0, 0.05) is 61.0 Å². The van der Waals surface area contributed by atoms with Crippen molar-refractivity contribution in [2.45, 2.75) is 12.8 Å². The Bertz CT molecular complexity index is 1290. The second-order valence-electron chi connectivity index (χ2n) is 9.21. The Balaban J connectivity index is 1.40. The van der Waals surface area contributed by atoms with Crippen LogP contribution in [0.1, 0.15) is 17.5 Å². The first kappa shape index (κ1) is 23.1. The van der Waals surface area contributed by atoms with Crippen molar-refractivity contribution in [3.05, 3.63) is 70.0 Å². The summed E-state index contributed by atoms with van der Waals surface area (Å²) in [4.78, 5) is 31.9. The summed E-state index contributed by atoms with van der Waals surface area (Å²) < 4.78 is 11.8. The van der Waals surface area contributed by atoms with Crippen LogP contribution in [-0.4, -0.2) is 62.7 Å². The molecule has 0 unspecified atom stereocenters. The van der Waals surface area contributed by atoms with Gasteiger partial charge in [-0.15, -0.1) is 0 Å². The number of hydrogen-bond donors (Lipinski definition) is 2. The molecule has 1 aromatic heterocycles.